The number of hydrogen-bond donors (Lipinski definition) is 1. The Morgan fingerprint density at radius 1 is 1.09 bits per heavy atom. The molecule has 0 spiro atoms. The van der Waals surface area contributed by atoms with Crippen molar-refractivity contribution in [1.29, 1.82) is 0 Å². The average Bonchev–Trinajstić information content (AvgIpc) is 2.74. The summed E-state index contributed by atoms with van der Waals surface area (Å²) in [5, 5.41) is 4.07. The first-order chi connectivity index (χ1) is 15.7. The Balaban J connectivity index is 1.71. The van der Waals surface area contributed by atoms with Crippen molar-refractivity contribution < 1.29 is 14.3 Å². The van der Waals surface area contributed by atoms with E-state index in [1.54, 1.807) is 12.1 Å². The van der Waals surface area contributed by atoms with Crippen LogP contribution in [0.15, 0.2) is 71.1 Å². The lowest BCUT2D eigenvalue weighted by atomic mass is 9.68. The van der Waals surface area contributed by atoms with E-state index < -0.39 is 11.9 Å². The van der Waals surface area contributed by atoms with Gasteiger partial charge in [0.15, 0.2) is 5.78 Å². The molecule has 4 nitrogen and oxygen atoms in total. The van der Waals surface area contributed by atoms with Gasteiger partial charge in [0.1, 0.15) is 0 Å². The Morgan fingerprint density at radius 3 is 2.55 bits per heavy atom. The minimum atomic E-state index is -0.625. The van der Waals surface area contributed by atoms with Crippen molar-refractivity contribution in [1.82, 2.24) is 5.32 Å². The molecule has 0 aromatic heterocycles. The number of carbonyl (C=O) groups excluding carboxylic acids is 2. The van der Waals surface area contributed by atoms with E-state index in [0.29, 0.717) is 51.7 Å². The SMILES string of the molecule is CC1=C(C(=O)OCCc2ccccc2)[C@@H](c2cccc(Cl)c2Cl)C2=C(CC(C)(C)CC2=O)N1. The number of rotatable bonds is 5. The lowest BCUT2D eigenvalue weighted by molar-refractivity contribution is -0.139. The van der Waals surface area contributed by atoms with Crippen molar-refractivity contribution in [2.24, 2.45) is 5.41 Å². The highest BCUT2D eigenvalue weighted by Crippen LogP contribution is 2.48. The molecule has 33 heavy (non-hydrogen) atoms. The van der Waals surface area contributed by atoms with Gasteiger partial charge in [0.2, 0.25) is 0 Å². The van der Waals surface area contributed by atoms with Crippen molar-refractivity contribution >= 4 is 35.0 Å². The first-order valence-corrected chi connectivity index (χ1v) is 11.8. The van der Waals surface area contributed by atoms with Crippen molar-refractivity contribution in [3.63, 3.8) is 0 Å². The highest BCUT2D eigenvalue weighted by Gasteiger charge is 2.43. The van der Waals surface area contributed by atoms with Crippen LogP contribution < -0.4 is 5.32 Å². The maximum absolute atomic E-state index is 13.4. The Hall–Kier alpha value is -2.56. The highest BCUT2D eigenvalue weighted by atomic mass is 35.5. The molecule has 1 heterocycles. The quantitative estimate of drug-likeness (QED) is 0.500. The molecular formula is C27H27Cl2NO3. The van der Waals surface area contributed by atoms with Gasteiger partial charge in [0.05, 0.1) is 22.2 Å². The van der Waals surface area contributed by atoms with Gasteiger partial charge in [-0.1, -0.05) is 79.5 Å². The summed E-state index contributed by atoms with van der Waals surface area (Å²) in [4.78, 5) is 26.7. The van der Waals surface area contributed by atoms with E-state index >= 15 is 0 Å². The molecule has 6 heteroatoms. The molecule has 4 rings (SSSR count). The van der Waals surface area contributed by atoms with E-state index in [9.17, 15) is 9.59 Å². The van der Waals surface area contributed by atoms with E-state index in [2.05, 4.69) is 19.2 Å². The van der Waals surface area contributed by atoms with Crippen LogP contribution in [0.4, 0.5) is 0 Å². The molecule has 0 saturated carbocycles. The van der Waals surface area contributed by atoms with Gasteiger partial charge >= 0.3 is 5.97 Å². The molecule has 0 unspecified atom stereocenters. The molecule has 0 amide bonds. The predicted molar refractivity (Wildman–Crippen MR) is 131 cm³/mol. The summed E-state index contributed by atoms with van der Waals surface area (Å²) in [6.45, 7) is 6.23. The van der Waals surface area contributed by atoms with Crippen LogP contribution in [0.2, 0.25) is 10.0 Å². The number of hydrogen-bond acceptors (Lipinski definition) is 4. The summed E-state index contributed by atoms with van der Waals surface area (Å²) in [6.07, 6.45) is 1.71. The second-order valence-electron chi connectivity index (χ2n) is 9.44. The number of allylic oxidation sites excluding steroid dienone is 3. The largest absolute Gasteiger partial charge is 0.462 e. The topological polar surface area (TPSA) is 55.4 Å². The van der Waals surface area contributed by atoms with Crippen LogP contribution in [0.3, 0.4) is 0 Å². The van der Waals surface area contributed by atoms with Crippen molar-refractivity contribution in [3.8, 4) is 0 Å². The number of dihydropyridines is 1. The Morgan fingerprint density at radius 2 is 1.82 bits per heavy atom. The molecule has 0 fully saturated rings. The van der Waals surface area contributed by atoms with E-state index in [0.717, 1.165) is 11.3 Å². The summed E-state index contributed by atoms with van der Waals surface area (Å²) in [6, 6.07) is 15.2. The standard InChI is InChI=1S/C27H27Cl2NO3/c1-16-22(26(32)33-13-12-17-8-5-4-6-9-17)23(18-10-7-11-19(28)25(18)29)24-20(30-16)14-27(2,3)15-21(24)31/h4-11,23,30H,12-15H2,1-3H3/t23-/m1/s1. The predicted octanol–water partition coefficient (Wildman–Crippen LogP) is 6.38. The lowest BCUT2D eigenvalue weighted by Gasteiger charge is -2.39. The van der Waals surface area contributed by atoms with Gasteiger partial charge in [-0.3, -0.25) is 4.79 Å². The number of carbonyl (C=O) groups is 2. The van der Waals surface area contributed by atoms with E-state index in [-0.39, 0.29) is 17.8 Å². The van der Waals surface area contributed by atoms with Crippen LogP contribution >= 0.6 is 23.2 Å². The van der Waals surface area contributed by atoms with Crippen LogP contribution in [0.5, 0.6) is 0 Å². The summed E-state index contributed by atoms with van der Waals surface area (Å²) >= 11 is 12.9. The normalized spacial score (nSPS) is 19.8. The van der Waals surface area contributed by atoms with Crippen molar-refractivity contribution in [2.75, 3.05) is 6.61 Å². The first-order valence-electron chi connectivity index (χ1n) is 11.1. The van der Waals surface area contributed by atoms with E-state index in [1.165, 1.54) is 0 Å². The van der Waals surface area contributed by atoms with Crippen LogP contribution in [0.1, 0.15) is 50.7 Å². The third-order valence-corrected chi connectivity index (χ3v) is 7.05. The van der Waals surface area contributed by atoms with Crippen LogP contribution in [0.25, 0.3) is 0 Å². The molecule has 2 aromatic rings. The number of ketones is 1. The molecule has 0 saturated heterocycles. The smallest absolute Gasteiger partial charge is 0.336 e. The van der Waals surface area contributed by atoms with E-state index in [1.807, 2.05) is 43.3 Å². The second-order valence-corrected chi connectivity index (χ2v) is 10.2. The first kappa shape index (κ1) is 23.6. The number of Topliss-reactive ketones (excluding diaryl/α,β-unsaturated/α-hetero) is 1. The van der Waals surface area contributed by atoms with Crippen LogP contribution in [0, 0.1) is 5.41 Å². The van der Waals surface area contributed by atoms with Gasteiger partial charge in [-0.15, -0.1) is 0 Å². The number of esters is 1. The maximum Gasteiger partial charge on any atom is 0.336 e. The summed E-state index contributed by atoms with van der Waals surface area (Å²) < 4.78 is 5.69. The van der Waals surface area contributed by atoms with Gasteiger partial charge in [0.25, 0.3) is 0 Å². The van der Waals surface area contributed by atoms with Gasteiger partial charge in [-0.05, 0) is 36.0 Å². The lowest BCUT2D eigenvalue weighted by Crippen LogP contribution is -2.38. The van der Waals surface area contributed by atoms with Gasteiger partial charge in [0, 0.05) is 35.7 Å². The molecule has 1 atom stereocenters. The molecule has 2 aliphatic rings. The summed E-state index contributed by atoms with van der Waals surface area (Å²) in [5.74, 6) is -1.07. The average molecular weight is 484 g/mol. The highest BCUT2D eigenvalue weighted by molar-refractivity contribution is 6.42. The molecular weight excluding hydrogens is 457 g/mol. The molecule has 172 valence electrons. The fourth-order valence-electron chi connectivity index (χ4n) is 4.75. The Kier molecular flexibility index (Phi) is 6.69. The third kappa shape index (κ3) is 4.87. The Labute approximate surface area is 204 Å². The monoisotopic (exact) mass is 483 g/mol. The maximum atomic E-state index is 13.4. The van der Waals surface area contributed by atoms with Crippen LogP contribution in [-0.4, -0.2) is 18.4 Å². The zero-order chi connectivity index (χ0) is 23.8. The zero-order valence-corrected chi connectivity index (χ0v) is 20.5. The summed E-state index contributed by atoms with van der Waals surface area (Å²) in [7, 11) is 0. The minimum absolute atomic E-state index is 0.0110. The molecule has 2 aromatic carbocycles. The van der Waals surface area contributed by atoms with E-state index in [4.69, 9.17) is 27.9 Å². The number of ether oxygens (including phenoxy) is 1. The van der Waals surface area contributed by atoms with Crippen molar-refractivity contribution in [2.45, 2.75) is 46.0 Å². The minimum Gasteiger partial charge on any atom is -0.462 e. The number of benzene rings is 2. The van der Waals surface area contributed by atoms with Crippen LogP contribution in [-0.2, 0) is 20.7 Å². The second kappa shape index (κ2) is 9.36. The fraction of sp³-hybridized carbons (Fsp3) is 0.333. The Bertz CT molecular complexity index is 1170. The molecule has 1 aliphatic carbocycles. The van der Waals surface area contributed by atoms with Gasteiger partial charge < -0.3 is 10.1 Å². The molecule has 0 radical (unpaired) electrons. The molecule has 1 aliphatic heterocycles. The summed E-state index contributed by atoms with van der Waals surface area (Å²) in [5.41, 5.74) is 4.06. The zero-order valence-electron chi connectivity index (χ0n) is 19.0. The molecule has 1 N–H and O–H groups in total. The number of halogens is 2. The third-order valence-electron chi connectivity index (χ3n) is 6.22. The van der Waals surface area contributed by atoms with Gasteiger partial charge in [-0.25, -0.2) is 4.79 Å². The molecule has 0 bridgehead atoms. The number of nitrogens with one attached hydrogen (secondary N) is 1. The van der Waals surface area contributed by atoms with Gasteiger partial charge in [-0.2, -0.15) is 0 Å². The van der Waals surface area contributed by atoms with Crippen molar-refractivity contribution in [3.05, 3.63) is 92.2 Å². The fourth-order valence-corrected chi connectivity index (χ4v) is 5.16.